The zero-order valence-electron chi connectivity index (χ0n) is 9.75. The molecule has 0 aliphatic rings. The van der Waals surface area contributed by atoms with Crippen molar-refractivity contribution in [3.05, 3.63) is 0 Å². The van der Waals surface area contributed by atoms with Gasteiger partial charge in [-0.1, -0.05) is 0 Å². The van der Waals surface area contributed by atoms with Crippen LogP contribution in [0.3, 0.4) is 0 Å². The number of hydrogen-bond acceptors (Lipinski definition) is 5. The van der Waals surface area contributed by atoms with Gasteiger partial charge in [-0.2, -0.15) is 0 Å². The molecule has 0 radical (unpaired) electrons. The maximum atomic E-state index is 11.7. The number of hydrogen-bond donors (Lipinski definition) is 0. The van der Waals surface area contributed by atoms with E-state index in [1.807, 2.05) is 0 Å². The van der Waals surface area contributed by atoms with Crippen molar-refractivity contribution in [3.8, 4) is 0 Å². The Hall–Kier alpha value is -1.65. The quantitative estimate of drug-likeness (QED) is 0.607. The predicted molar refractivity (Wildman–Crippen MR) is 54.8 cm³/mol. The van der Waals surface area contributed by atoms with Crippen molar-refractivity contribution in [1.29, 1.82) is 0 Å². The molecule has 0 unspecified atom stereocenters. The normalized spacial score (nSPS) is 10.8. The minimum Gasteiger partial charge on any atom is -0.300 e. The number of carbonyl (C=O) groups is 5. The number of ketones is 5. The summed E-state index contributed by atoms with van der Waals surface area (Å²) in [5.74, 6) is -3.93. The van der Waals surface area contributed by atoms with E-state index in [2.05, 4.69) is 0 Å². The number of Topliss-reactive ketones (excluding diaryl/α,β-unsaturated/α-hetero) is 5. The Balaban J connectivity index is 5.63. The first-order valence-corrected chi connectivity index (χ1v) is 4.73. The van der Waals surface area contributed by atoms with Gasteiger partial charge in [0.05, 0.1) is 6.42 Å². The smallest absolute Gasteiger partial charge is 0.202 e. The maximum absolute atomic E-state index is 11.7. The molecule has 0 fully saturated rings. The zero-order chi connectivity index (χ0) is 13.1. The third kappa shape index (κ3) is 2.29. The molecule has 16 heavy (non-hydrogen) atoms. The van der Waals surface area contributed by atoms with Crippen LogP contribution in [0.1, 0.15) is 34.1 Å². The van der Waals surface area contributed by atoms with Gasteiger partial charge in [-0.3, -0.25) is 24.0 Å². The summed E-state index contributed by atoms with van der Waals surface area (Å²) >= 11 is 0. The molecule has 0 heterocycles. The first-order valence-electron chi connectivity index (χ1n) is 4.73. The lowest BCUT2D eigenvalue weighted by molar-refractivity contribution is -0.152. The van der Waals surface area contributed by atoms with Crippen LogP contribution in [0.15, 0.2) is 0 Å². The fraction of sp³-hybridized carbons (Fsp3) is 0.545. The standard InChI is InChI=1S/C11H14O5/c1-6(12)5-10(16)11(7(2)13,8(3)14)9(4)15/h5H2,1-4H3. The van der Waals surface area contributed by atoms with E-state index < -0.39 is 40.8 Å². The Kier molecular flexibility index (Phi) is 4.41. The number of carbonyl (C=O) groups excluding carboxylic acids is 5. The predicted octanol–water partition coefficient (Wildman–Crippen LogP) is 0.288. The highest BCUT2D eigenvalue weighted by Crippen LogP contribution is 2.25. The SMILES string of the molecule is CC(=O)CC(=O)C(C(C)=O)(C(C)=O)C(C)=O. The van der Waals surface area contributed by atoms with Crippen molar-refractivity contribution in [3.63, 3.8) is 0 Å². The van der Waals surface area contributed by atoms with Crippen LogP contribution in [0.5, 0.6) is 0 Å². The third-order valence-electron chi connectivity index (χ3n) is 2.41. The van der Waals surface area contributed by atoms with Gasteiger partial charge in [-0.25, -0.2) is 0 Å². The largest absolute Gasteiger partial charge is 0.300 e. The summed E-state index contributed by atoms with van der Waals surface area (Å²) in [5.41, 5.74) is -2.29. The summed E-state index contributed by atoms with van der Waals surface area (Å²) in [6.07, 6.45) is -0.585. The zero-order valence-corrected chi connectivity index (χ0v) is 9.75. The molecular formula is C11H14O5. The van der Waals surface area contributed by atoms with E-state index in [0.717, 1.165) is 27.7 Å². The van der Waals surface area contributed by atoms with Crippen molar-refractivity contribution in [2.75, 3.05) is 0 Å². The minimum absolute atomic E-state index is 0.488. The molecule has 0 spiro atoms. The molecule has 0 atom stereocenters. The lowest BCUT2D eigenvalue weighted by atomic mass is 9.72. The second-order valence-electron chi connectivity index (χ2n) is 3.72. The Morgan fingerprint density at radius 2 is 1.06 bits per heavy atom. The van der Waals surface area contributed by atoms with Gasteiger partial charge in [0.1, 0.15) is 5.78 Å². The van der Waals surface area contributed by atoms with Gasteiger partial charge in [0.2, 0.25) is 5.41 Å². The minimum atomic E-state index is -2.29. The topological polar surface area (TPSA) is 85.3 Å². The highest BCUT2D eigenvalue weighted by molar-refractivity contribution is 6.39. The molecule has 88 valence electrons. The van der Waals surface area contributed by atoms with E-state index in [-0.39, 0.29) is 0 Å². The average Bonchev–Trinajstić information content (AvgIpc) is 1.99. The van der Waals surface area contributed by atoms with Crippen molar-refractivity contribution >= 4 is 28.9 Å². The van der Waals surface area contributed by atoms with E-state index in [0.29, 0.717) is 0 Å². The second kappa shape index (κ2) is 4.92. The van der Waals surface area contributed by atoms with Crippen LogP contribution in [-0.2, 0) is 24.0 Å². The van der Waals surface area contributed by atoms with Crippen molar-refractivity contribution in [1.82, 2.24) is 0 Å². The molecule has 5 nitrogen and oxygen atoms in total. The molecule has 0 aromatic heterocycles. The molecular weight excluding hydrogens is 212 g/mol. The lowest BCUT2D eigenvalue weighted by Crippen LogP contribution is -2.50. The van der Waals surface area contributed by atoms with Crippen molar-refractivity contribution in [2.24, 2.45) is 5.41 Å². The molecule has 0 aromatic carbocycles. The second-order valence-corrected chi connectivity index (χ2v) is 3.72. The third-order valence-corrected chi connectivity index (χ3v) is 2.41. The maximum Gasteiger partial charge on any atom is 0.202 e. The molecule has 0 amide bonds. The summed E-state index contributed by atoms with van der Waals surface area (Å²) < 4.78 is 0. The first kappa shape index (κ1) is 14.3. The average molecular weight is 226 g/mol. The van der Waals surface area contributed by atoms with Gasteiger partial charge < -0.3 is 0 Å². The first-order chi connectivity index (χ1) is 7.17. The molecule has 0 N–H and O–H groups in total. The number of rotatable bonds is 6. The van der Waals surface area contributed by atoms with Crippen LogP contribution in [0.4, 0.5) is 0 Å². The van der Waals surface area contributed by atoms with Gasteiger partial charge in [0.15, 0.2) is 23.1 Å². The molecule has 0 aliphatic carbocycles. The van der Waals surface area contributed by atoms with Crippen LogP contribution in [0.25, 0.3) is 0 Å². The Morgan fingerprint density at radius 1 is 0.750 bits per heavy atom. The molecule has 5 heteroatoms. The fourth-order valence-corrected chi connectivity index (χ4v) is 1.69. The summed E-state index contributed by atoms with van der Waals surface area (Å²) in [7, 11) is 0. The van der Waals surface area contributed by atoms with Gasteiger partial charge in [-0.15, -0.1) is 0 Å². The summed E-state index contributed by atoms with van der Waals surface area (Å²) in [6.45, 7) is 4.16. The summed E-state index contributed by atoms with van der Waals surface area (Å²) in [5, 5.41) is 0. The Bertz CT molecular complexity index is 342. The van der Waals surface area contributed by atoms with E-state index in [1.165, 1.54) is 0 Å². The van der Waals surface area contributed by atoms with Crippen LogP contribution in [0, 0.1) is 5.41 Å². The summed E-state index contributed by atoms with van der Waals surface area (Å²) in [6, 6.07) is 0. The molecule has 0 saturated carbocycles. The van der Waals surface area contributed by atoms with E-state index in [4.69, 9.17) is 0 Å². The summed E-state index contributed by atoms with van der Waals surface area (Å²) in [4.78, 5) is 56.7. The lowest BCUT2D eigenvalue weighted by Gasteiger charge is -2.23. The molecule has 0 bridgehead atoms. The van der Waals surface area contributed by atoms with Gasteiger partial charge >= 0.3 is 0 Å². The Morgan fingerprint density at radius 3 is 1.25 bits per heavy atom. The van der Waals surface area contributed by atoms with Crippen molar-refractivity contribution in [2.45, 2.75) is 34.1 Å². The molecule has 0 rings (SSSR count). The Labute approximate surface area is 93.2 Å². The van der Waals surface area contributed by atoms with Crippen LogP contribution < -0.4 is 0 Å². The van der Waals surface area contributed by atoms with E-state index >= 15 is 0 Å². The fourth-order valence-electron chi connectivity index (χ4n) is 1.69. The monoisotopic (exact) mass is 226 g/mol. The van der Waals surface area contributed by atoms with Gasteiger partial charge in [0.25, 0.3) is 0 Å². The molecule has 0 saturated heterocycles. The van der Waals surface area contributed by atoms with Crippen LogP contribution >= 0.6 is 0 Å². The molecule has 0 aromatic rings. The highest BCUT2D eigenvalue weighted by atomic mass is 16.2. The molecule has 0 aliphatic heterocycles. The van der Waals surface area contributed by atoms with E-state index in [1.54, 1.807) is 0 Å². The van der Waals surface area contributed by atoms with Crippen LogP contribution in [0.2, 0.25) is 0 Å². The van der Waals surface area contributed by atoms with Crippen LogP contribution in [-0.4, -0.2) is 28.9 Å². The van der Waals surface area contributed by atoms with E-state index in [9.17, 15) is 24.0 Å². The highest BCUT2D eigenvalue weighted by Gasteiger charge is 2.51. The van der Waals surface area contributed by atoms with Crippen molar-refractivity contribution < 1.29 is 24.0 Å². The van der Waals surface area contributed by atoms with Gasteiger partial charge in [-0.05, 0) is 27.7 Å². The van der Waals surface area contributed by atoms with Gasteiger partial charge in [0, 0.05) is 0 Å².